The summed E-state index contributed by atoms with van der Waals surface area (Å²) < 4.78 is 32.4. The molecule has 1 aromatic heterocycles. The number of benzene rings is 1. The molecule has 8 heteroatoms. The van der Waals surface area contributed by atoms with Crippen LogP contribution in [0.2, 0.25) is 0 Å². The highest BCUT2D eigenvalue weighted by Gasteiger charge is 2.32. The van der Waals surface area contributed by atoms with Gasteiger partial charge in [-0.05, 0) is 39.2 Å². The molecule has 152 valence electrons. The van der Waals surface area contributed by atoms with Crippen LogP contribution in [0.5, 0.6) is 0 Å². The minimum Gasteiger partial charge on any atom is -0.360 e. The summed E-state index contributed by atoms with van der Waals surface area (Å²) in [6.45, 7) is 6.90. The second-order valence-corrected chi connectivity index (χ2v) is 9.15. The van der Waals surface area contributed by atoms with Crippen molar-refractivity contribution in [1.29, 1.82) is 0 Å². The molecule has 0 aliphatic carbocycles. The van der Waals surface area contributed by atoms with Crippen LogP contribution < -0.4 is 0 Å². The van der Waals surface area contributed by atoms with E-state index in [0.29, 0.717) is 50.4 Å². The maximum absolute atomic E-state index is 13.0. The molecule has 7 nitrogen and oxygen atoms in total. The predicted molar refractivity (Wildman–Crippen MR) is 105 cm³/mol. The van der Waals surface area contributed by atoms with Gasteiger partial charge in [-0.1, -0.05) is 35.0 Å². The number of sulfonamides is 1. The van der Waals surface area contributed by atoms with Crippen LogP contribution >= 0.6 is 0 Å². The molecule has 2 heterocycles. The molecule has 0 atom stereocenters. The van der Waals surface area contributed by atoms with Crippen molar-refractivity contribution in [3.05, 3.63) is 46.8 Å². The first-order valence-corrected chi connectivity index (χ1v) is 11.0. The number of carbonyl (C=O) groups is 1. The number of rotatable bonds is 5. The fourth-order valence-corrected chi connectivity index (χ4v) is 5.28. The number of aromatic nitrogens is 1. The van der Waals surface area contributed by atoms with Crippen LogP contribution in [0.4, 0.5) is 0 Å². The minimum atomic E-state index is -3.67. The predicted octanol–water partition coefficient (Wildman–Crippen LogP) is 2.46. The summed E-state index contributed by atoms with van der Waals surface area (Å²) >= 11 is 0. The maximum atomic E-state index is 13.0. The van der Waals surface area contributed by atoms with Crippen LogP contribution in [0.3, 0.4) is 0 Å². The van der Waals surface area contributed by atoms with Gasteiger partial charge in [-0.3, -0.25) is 4.79 Å². The highest BCUT2D eigenvalue weighted by atomic mass is 32.2. The molecule has 0 unspecified atom stereocenters. The van der Waals surface area contributed by atoms with Crippen molar-refractivity contribution >= 4 is 15.9 Å². The van der Waals surface area contributed by atoms with Gasteiger partial charge < -0.3 is 9.42 Å². The SMILES string of the molecule is Cc1ccc(CCC(=O)N2CCCN(S(=O)(=O)c3c(C)noc3C)CC2)cc1. The third-order valence-corrected chi connectivity index (χ3v) is 7.27. The zero-order valence-electron chi connectivity index (χ0n) is 16.6. The summed E-state index contributed by atoms with van der Waals surface area (Å²) in [6.07, 6.45) is 1.73. The van der Waals surface area contributed by atoms with Crippen LogP contribution in [0, 0.1) is 20.8 Å². The van der Waals surface area contributed by atoms with Crippen molar-refractivity contribution < 1.29 is 17.7 Å². The average molecular weight is 406 g/mol. The molecule has 0 saturated carbocycles. The maximum Gasteiger partial charge on any atom is 0.248 e. The smallest absolute Gasteiger partial charge is 0.248 e. The van der Waals surface area contributed by atoms with E-state index in [2.05, 4.69) is 5.16 Å². The van der Waals surface area contributed by atoms with Crippen LogP contribution in [0.1, 0.15) is 35.4 Å². The Kier molecular flexibility index (Phi) is 6.20. The Balaban J connectivity index is 1.61. The minimum absolute atomic E-state index is 0.0668. The van der Waals surface area contributed by atoms with E-state index in [1.165, 1.54) is 9.87 Å². The lowest BCUT2D eigenvalue weighted by Gasteiger charge is -2.22. The molecule has 0 bridgehead atoms. The fraction of sp³-hybridized carbons (Fsp3) is 0.500. The van der Waals surface area contributed by atoms with Crippen LogP contribution in [-0.4, -0.2) is 54.9 Å². The average Bonchev–Trinajstić information content (AvgIpc) is 2.86. The summed E-state index contributed by atoms with van der Waals surface area (Å²) in [5.41, 5.74) is 2.70. The molecule has 0 spiro atoms. The molecule has 1 fully saturated rings. The Morgan fingerprint density at radius 2 is 1.79 bits per heavy atom. The summed E-state index contributed by atoms with van der Waals surface area (Å²) in [5.74, 6) is 0.366. The van der Waals surface area contributed by atoms with E-state index in [4.69, 9.17) is 4.52 Å². The van der Waals surface area contributed by atoms with Crippen LogP contribution in [0.15, 0.2) is 33.7 Å². The highest BCUT2D eigenvalue weighted by Crippen LogP contribution is 2.24. The van der Waals surface area contributed by atoms with Crippen molar-refractivity contribution in [2.45, 2.75) is 44.9 Å². The van der Waals surface area contributed by atoms with Gasteiger partial charge in [0, 0.05) is 32.6 Å². The van der Waals surface area contributed by atoms with Gasteiger partial charge in [0.15, 0.2) is 5.76 Å². The number of amides is 1. The van der Waals surface area contributed by atoms with Gasteiger partial charge in [-0.2, -0.15) is 4.31 Å². The molecule has 2 aromatic rings. The molecule has 1 aliphatic heterocycles. The van der Waals surface area contributed by atoms with Gasteiger partial charge >= 0.3 is 0 Å². The third-order valence-electron chi connectivity index (χ3n) is 5.12. The molecule has 0 radical (unpaired) electrons. The largest absolute Gasteiger partial charge is 0.360 e. The lowest BCUT2D eigenvalue weighted by atomic mass is 10.1. The van der Waals surface area contributed by atoms with E-state index in [9.17, 15) is 13.2 Å². The number of carbonyl (C=O) groups excluding carboxylic acids is 1. The van der Waals surface area contributed by atoms with E-state index in [1.54, 1.807) is 18.7 Å². The van der Waals surface area contributed by atoms with E-state index < -0.39 is 10.0 Å². The Labute approximate surface area is 166 Å². The van der Waals surface area contributed by atoms with Crippen LogP contribution in [-0.2, 0) is 21.2 Å². The standard InChI is InChI=1S/C20H27N3O4S/c1-15-5-7-18(8-6-15)9-10-19(24)22-11-4-12-23(14-13-22)28(25,26)20-16(2)21-27-17(20)3/h5-8H,4,9-14H2,1-3H3. The van der Waals surface area contributed by atoms with Gasteiger partial charge in [-0.15, -0.1) is 0 Å². The lowest BCUT2D eigenvalue weighted by Crippen LogP contribution is -2.37. The van der Waals surface area contributed by atoms with Crippen molar-refractivity contribution in [1.82, 2.24) is 14.4 Å². The van der Waals surface area contributed by atoms with Gasteiger partial charge in [0.05, 0.1) is 0 Å². The number of hydrogen-bond donors (Lipinski definition) is 0. The number of nitrogens with zero attached hydrogens (tertiary/aromatic N) is 3. The van der Waals surface area contributed by atoms with E-state index >= 15 is 0 Å². The van der Waals surface area contributed by atoms with E-state index in [-0.39, 0.29) is 17.3 Å². The summed E-state index contributed by atoms with van der Waals surface area (Å²) in [6, 6.07) is 8.18. The zero-order valence-corrected chi connectivity index (χ0v) is 17.5. The van der Waals surface area contributed by atoms with Gasteiger partial charge in [0.25, 0.3) is 0 Å². The summed E-state index contributed by atoms with van der Waals surface area (Å²) in [4.78, 5) is 14.5. The van der Waals surface area contributed by atoms with Gasteiger partial charge in [0.1, 0.15) is 10.6 Å². The second-order valence-electron chi connectivity index (χ2n) is 7.28. The monoisotopic (exact) mass is 405 g/mol. The highest BCUT2D eigenvalue weighted by molar-refractivity contribution is 7.89. The number of aryl methyl sites for hydroxylation is 4. The van der Waals surface area contributed by atoms with Crippen molar-refractivity contribution in [2.75, 3.05) is 26.2 Å². The first-order chi connectivity index (χ1) is 13.3. The first-order valence-electron chi connectivity index (χ1n) is 9.55. The van der Waals surface area contributed by atoms with Crippen molar-refractivity contribution in [3.8, 4) is 0 Å². The second kappa shape index (κ2) is 8.45. The molecule has 1 aliphatic rings. The molecular weight excluding hydrogens is 378 g/mol. The topological polar surface area (TPSA) is 83.7 Å². The Morgan fingerprint density at radius 3 is 2.43 bits per heavy atom. The lowest BCUT2D eigenvalue weighted by molar-refractivity contribution is -0.131. The van der Waals surface area contributed by atoms with Gasteiger partial charge in [-0.25, -0.2) is 8.42 Å². The zero-order chi connectivity index (χ0) is 20.3. The first kappa shape index (κ1) is 20.5. The van der Waals surface area contributed by atoms with E-state index in [1.807, 2.05) is 31.2 Å². The molecule has 1 aromatic carbocycles. The third kappa shape index (κ3) is 4.44. The Hall–Kier alpha value is -2.19. The molecular formula is C20H27N3O4S. The van der Waals surface area contributed by atoms with Gasteiger partial charge in [0.2, 0.25) is 15.9 Å². The normalized spacial score (nSPS) is 16.2. The van der Waals surface area contributed by atoms with Crippen molar-refractivity contribution in [3.63, 3.8) is 0 Å². The fourth-order valence-electron chi connectivity index (χ4n) is 3.52. The number of hydrogen-bond acceptors (Lipinski definition) is 5. The van der Waals surface area contributed by atoms with E-state index in [0.717, 1.165) is 5.56 Å². The molecule has 3 rings (SSSR count). The summed E-state index contributed by atoms with van der Waals surface area (Å²) in [5, 5.41) is 3.76. The molecule has 1 saturated heterocycles. The Morgan fingerprint density at radius 1 is 1.07 bits per heavy atom. The Bertz CT molecular complexity index is 915. The molecule has 1 amide bonds. The molecule has 28 heavy (non-hydrogen) atoms. The van der Waals surface area contributed by atoms with Crippen molar-refractivity contribution in [2.24, 2.45) is 0 Å². The van der Waals surface area contributed by atoms with Crippen LogP contribution in [0.25, 0.3) is 0 Å². The molecule has 0 N–H and O–H groups in total. The summed E-state index contributed by atoms with van der Waals surface area (Å²) in [7, 11) is -3.67. The quantitative estimate of drug-likeness (QED) is 0.763.